The summed E-state index contributed by atoms with van der Waals surface area (Å²) in [4.78, 5) is 15.5. The second kappa shape index (κ2) is 4.45. The first-order chi connectivity index (χ1) is 8.00. The fourth-order valence-electron chi connectivity index (χ4n) is 1.66. The highest BCUT2D eigenvalue weighted by atomic mass is 79.9. The van der Waals surface area contributed by atoms with Crippen molar-refractivity contribution in [3.8, 4) is 5.69 Å². The number of carbonyl (C=O) groups excluding carboxylic acids is 1. The number of rotatable bonds is 2. The monoisotopic (exact) mass is 292 g/mol. The van der Waals surface area contributed by atoms with Crippen molar-refractivity contribution in [1.29, 1.82) is 0 Å². The Morgan fingerprint density at radius 2 is 2.06 bits per heavy atom. The first-order valence-corrected chi connectivity index (χ1v) is 6.11. The van der Waals surface area contributed by atoms with Gasteiger partial charge in [0.15, 0.2) is 5.78 Å². The molecule has 2 aromatic rings. The van der Waals surface area contributed by atoms with Gasteiger partial charge in [-0.1, -0.05) is 0 Å². The third-order valence-electron chi connectivity index (χ3n) is 2.87. The largest absolute Gasteiger partial charge is 0.302 e. The molecular weight excluding hydrogens is 280 g/mol. The van der Waals surface area contributed by atoms with E-state index in [9.17, 15) is 4.79 Å². The quantitative estimate of drug-likeness (QED) is 0.795. The van der Waals surface area contributed by atoms with Crippen molar-refractivity contribution in [2.75, 3.05) is 0 Å². The lowest BCUT2D eigenvalue weighted by molar-refractivity contribution is 0.101. The first-order valence-electron chi connectivity index (χ1n) is 5.32. The number of hydrogen-bond donors (Lipinski definition) is 0. The first kappa shape index (κ1) is 12.0. The van der Waals surface area contributed by atoms with Gasteiger partial charge < -0.3 is 4.57 Å². The average molecular weight is 293 g/mol. The summed E-state index contributed by atoms with van der Waals surface area (Å²) in [5, 5.41) is 0. The van der Waals surface area contributed by atoms with Gasteiger partial charge in [-0.15, -0.1) is 0 Å². The van der Waals surface area contributed by atoms with Gasteiger partial charge in [-0.25, -0.2) is 4.98 Å². The van der Waals surface area contributed by atoms with E-state index in [0.29, 0.717) is 5.56 Å². The van der Waals surface area contributed by atoms with Crippen LogP contribution in [0.1, 0.15) is 28.7 Å². The van der Waals surface area contributed by atoms with E-state index in [-0.39, 0.29) is 5.78 Å². The molecule has 0 amide bonds. The van der Waals surface area contributed by atoms with E-state index in [0.717, 1.165) is 21.5 Å². The number of aromatic nitrogens is 2. The highest BCUT2D eigenvalue weighted by Crippen LogP contribution is 2.24. The number of nitrogens with zero attached hydrogens (tertiary/aromatic N) is 2. The van der Waals surface area contributed by atoms with E-state index in [4.69, 9.17) is 0 Å². The number of ketones is 1. The number of carbonyl (C=O) groups is 1. The Hall–Kier alpha value is -1.42. The van der Waals surface area contributed by atoms with Crippen molar-refractivity contribution in [2.45, 2.75) is 20.8 Å². The molecule has 1 heterocycles. The van der Waals surface area contributed by atoms with Crippen LogP contribution >= 0.6 is 15.9 Å². The molecule has 0 N–H and O–H groups in total. The van der Waals surface area contributed by atoms with Crippen LogP contribution in [0, 0.1) is 13.8 Å². The van der Waals surface area contributed by atoms with Crippen LogP contribution in [-0.2, 0) is 0 Å². The molecule has 0 aliphatic rings. The fourth-order valence-corrected chi connectivity index (χ4v) is 2.23. The third kappa shape index (κ3) is 2.17. The summed E-state index contributed by atoms with van der Waals surface area (Å²) in [6.45, 7) is 5.56. The predicted octanol–water partition coefficient (Wildman–Crippen LogP) is 3.45. The maximum atomic E-state index is 11.3. The van der Waals surface area contributed by atoms with Crippen molar-refractivity contribution in [1.82, 2.24) is 9.55 Å². The van der Waals surface area contributed by atoms with Crippen LogP contribution in [0.3, 0.4) is 0 Å². The van der Waals surface area contributed by atoms with E-state index in [2.05, 4.69) is 20.9 Å². The molecule has 0 radical (unpaired) electrons. The minimum absolute atomic E-state index is 0.0655. The number of hydrogen-bond acceptors (Lipinski definition) is 2. The van der Waals surface area contributed by atoms with Crippen LogP contribution in [0.4, 0.5) is 0 Å². The lowest BCUT2D eigenvalue weighted by Gasteiger charge is -2.09. The van der Waals surface area contributed by atoms with E-state index in [1.165, 1.54) is 0 Å². The molecule has 3 nitrogen and oxygen atoms in total. The fraction of sp³-hybridized carbons (Fsp3) is 0.231. The second-order valence-corrected chi connectivity index (χ2v) is 4.86. The Kier molecular flexibility index (Phi) is 3.15. The van der Waals surface area contributed by atoms with Gasteiger partial charge in [0.1, 0.15) is 0 Å². The molecule has 0 saturated heterocycles. The molecule has 0 aliphatic carbocycles. The molecule has 17 heavy (non-hydrogen) atoms. The highest BCUT2D eigenvalue weighted by Gasteiger charge is 2.09. The summed E-state index contributed by atoms with van der Waals surface area (Å²) < 4.78 is 2.90. The molecule has 0 fully saturated rings. The zero-order valence-corrected chi connectivity index (χ0v) is 11.6. The highest BCUT2D eigenvalue weighted by molar-refractivity contribution is 9.10. The number of Topliss-reactive ketones (excluding diaryl/α,β-unsaturated/α-hetero) is 1. The van der Waals surface area contributed by atoms with E-state index in [1.807, 2.05) is 36.6 Å². The van der Waals surface area contributed by atoms with E-state index >= 15 is 0 Å². The molecule has 0 spiro atoms. The third-order valence-corrected chi connectivity index (χ3v) is 3.50. The number of benzene rings is 1. The maximum absolute atomic E-state index is 11.3. The van der Waals surface area contributed by atoms with Crippen molar-refractivity contribution in [3.05, 3.63) is 46.0 Å². The zero-order valence-electron chi connectivity index (χ0n) is 9.99. The van der Waals surface area contributed by atoms with Crippen molar-refractivity contribution >= 4 is 21.7 Å². The standard InChI is InChI=1S/C13H13BrN2O/c1-8-9(2)16(7-15-8)13-5-4-11(10(3)17)6-12(13)14/h4-7H,1-3H3. The van der Waals surface area contributed by atoms with Crippen LogP contribution < -0.4 is 0 Å². The van der Waals surface area contributed by atoms with Gasteiger partial charge in [0.2, 0.25) is 0 Å². The van der Waals surface area contributed by atoms with Crippen molar-refractivity contribution in [2.24, 2.45) is 0 Å². The van der Waals surface area contributed by atoms with Crippen molar-refractivity contribution < 1.29 is 4.79 Å². The Bertz CT molecular complexity index is 587. The summed E-state index contributed by atoms with van der Waals surface area (Å²) >= 11 is 3.49. The average Bonchev–Trinajstić information content (AvgIpc) is 2.60. The summed E-state index contributed by atoms with van der Waals surface area (Å²) in [7, 11) is 0. The minimum Gasteiger partial charge on any atom is -0.302 e. The molecule has 1 aromatic heterocycles. The SMILES string of the molecule is CC(=O)c1ccc(-n2cnc(C)c2C)c(Br)c1. The molecule has 1 aromatic carbocycles. The zero-order chi connectivity index (χ0) is 12.6. The van der Waals surface area contributed by atoms with Crippen LogP contribution in [0.2, 0.25) is 0 Å². The summed E-state index contributed by atoms with van der Waals surface area (Å²) in [5.41, 5.74) is 3.80. The molecule has 4 heteroatoms. The van der Waals surface area contributed by atoms with Crippen LogP contribution in [-0.4, -0.2) is 15.3 Å². The number of aryl methyl sites for hydroxylation is 1. The molecule has 0 atom stereocenters. The summed E-state index contributed by atoms with van der Waals surface area (Å²) in [6, 6.07) is 5.60. The van der Waals surface area contributed by atoms with E-state index in [1.54, 1.807) is 13.3 Å². The molecule has 0 saturated carbocycles. The van der Waals surface area contributed by atoms with E-state index < -0.39 is 0 Å². The number of imidazole rings is 1. The summed E-state index contributed by atoms with van der Waals surface area (Å²) in [5.74, 6) is 0.0655. The van der Waals surface area contributed by atoms with Gasteiger partial charge in [0.05, 0.1) is 17.7 Å². The molecule has 0 unspecified atom stereocenters. The van der Waals surface area contributed by atoms with Crippen LogP contribution in [0.15, 0.2) is 29.0 Å². The predicted molar refractivity (Wildman–Crippen MR) is 70.7 cm³/mol. The molecule has 0 bridgehead atoms. The van der Waals surface area contributed by atoms with Gasteiger partial charge in [-0.3, -0.25) is 4.79 Å². The summed E-state index contributed by atoms with van der Waals surface area (Å²) in [6.07, 6.45) is 1.79. The van der Waals surface area contributed by atoms with Gasteiger partial charge >= 0.3 is 0 Å². The Morgan fingerprint density at radius 3 is 2.53 bits per heavy atom. The van der Waals surface area contributed by atoms with Gasteiger partial charge in [-0.2, -0.15) is 0 Å². The lowest BCUT2D eigenvalue weighted by atomic mass is 10.1. The lowest BCUT2D eigenvalue weighted by Crippen LogP contribution is -1.99. The molecule has 88 valence electrons. The van der Waals surface area contributed by atoms with Gasteiger partial charge in [-0.05, 0) is 54.9 Å². The maximum Gasteiger partial charge on any atom is 0.159 e. The molecule has 2 rings (SSSR count). The molecular formula is C13H13BrN2O. The number of halogens is 1. The van der Waals surface area contributed by atoms with Crippen LogP contribution in [0.5, 0.6) is 0 Å². The van der Waals surface area contributed by atoms with Crippen LogP contribution in [0.25, 0.3) is 5.69 Å². The normalized spacial score (nSPS) is 10.6. The van der Waals surface area contributed by atoms with Gasteiger partial charge in [0.25, 0.3) is 0 Å². The topological polar surface area (TPSA) is 34.9 Å². The Labute approximate surface area is 109 Å². The smallest absolute Gasteiger partial charge is 0.159 e. The Balaban J connectivity index is 2.54. The van der Waals surface area contributed by atoms with Crippen molar-refractivity contribution in [3.63, 3.8) is 0 Å². The molecule has 0 aliphatic heterocycles. The minimum atomic E-state index is 0.0655. The second-order valence-electron chi connectivity index (χ2n) is 4.01. The van der Waals surface area contributed by atoms with Gasteiger partial charge in [0, 0.05) is 15.7 Å². The Morgan fingerprint density at radius 1 is 1.35 bits per heavy atom.